The van der Waals surface area contributed by atoms with Crippen LogP contribution in [0.15, 0.2) is 30.3 Å². The summed E-state index contributed by atoms with van der Waals surface area (Å²) in [6.07, 6.45) is 0. The molecule has 0 aliphatic carbocycles. The van der Waals surface area contributed by atoms with Gasteiger partial charge in [0.05, 0.1) is 15.7 Å². The maximum Gasteiger partial charge on any atom is 0.314 e. The molecule has 2 N–H and O–H groups in total. The van der Waals surface area contributed by atoms with E-state index in [0.29, 0.717) is 10.7 Å². The number of hydrogen-bond donors (Lipinski definition) is 2. The van der Waals surface area contributed by atoms with Gasteiger partial charge in [0.1, 0.15) is 0 Å². The third-order valence-corrected chi connectivity index (χ3v) is 4.14. The fourth-order valence-electron chi connectivity index (χ4n) is 2.33. The molecule has 120 valence electrons. The van der Waals surface area contributed by atoms with E-state index in [9.17, 15) is 9.59 Å². The molecule has 0 bridgehead atoms. The second-order valence-corrected chi connectivity index (χ2v) is 6.07. The molecule has 0 aliphatic heterocycles. The molecular formula is C17H16Cl2N2O2. The first-order chi connectivity index (χ1) is 10.8. The number of halogens is 2. The number of amides is 2. The Balaban J connectivity index is 2.15. The van der Waals surface area contributed by atoms with Crippen molar-refractivity contribution < 1.29 is 9.59 Å². The Morgan fingerprint density at radius 1 is 0.913 bits per heavy atom. The summed E-state index contributed by atoms with van der Waals surface area (Å²) < 4.78 is 0. The van der Waals surface area contributed by atoms with Gasteiger partial charge in [0.2, 0.25) is 0 Å². The minimum Gasteiger partial charge on any atom is -0.317 e. The standard InChI is InChI=1S/C17H16Cl2N2O2/c1-9-7-10(2)15(11(3)8-9)21-17(23)16(22)20-13-6-4-5-12(18)14(13)19/h4-8H,1-3H3,(H,20,22)(H,21,23). The van der Waals surface area contributed by atoms with Crippen molar-refractivity contribution >= 4 is 46.4 Å². The molecule has 0 atom stereocenters. The molecule has 2 aromatic carbocycles. The Bertz CT molecular complexity index is 765. The monoisotopic (exact) mass is 350 g/mol. The van der Waals surface area contributed by atoms with Gasteiger partial charge in [-0.2, -0.15) is 0 Å². The number of rotatable bonds is 2. The van der Waals surface area contributed by atoms with E-state index in [1.54, 1.807) is 18.2 Å². The van der Waals surface area contributed by atoms with Crippen LogP contribution < -0.4 is 10.6 Å². The molecule has 6 heteroatoms. The van der Waals surface area contributed by atoms with E-state index in [1.807, 2.05) is 32.9 Å². The molecule has 0 fully saturated rings. The van der Waals surface area contributed by atoms with Crippen LogP contribution in [-0.2, 0) is 9.59 Å². The second-order valence-electron chi connectivity index (χ2n) is 5.28. The predicted molar refractivity (Wildman–Crippen MR) is 94.4 cm³/mol. The van der Waals surface area contributed by atoms with Gasteiger partial charge in [-0.25, -0.2) is 0 Å². The van der Waals surface area contributed by atoms with Crippen molar-refractivity contribution in [3.63, 3.8) is 0 Å². The van der Waals surface area contributed by atoms with Crippen LogP contribution in [0.25, 0.3) is 0 Å². The van der Waals surface area contributed by atoms with Crippen molar-refractivity contribution in [1.29, 1.82) is 0 Å². The summed E-state index contributed by atoms with van der Waals surface area (Å²) in [7, 11) is 0. The number of hydrogen-bond acceptors (Lipinski definition) is 2. The number of anilines is 2. The summed E-state index contributed by atoms with van der Waals surface area (Å²) in [6, 6.07) is 8.68. The second kappa shape index (κ2) is 7.02. The van der Waals surface area contributed by atoms with Gasteiger partial charge in [-0.05, 0) is 44.0 Å². The van der Waals surface area contributed by atoms with Crippen LogP contribution in [-0.4, -0.2) is 11.8 Å². The summed E-state index contributed by atoms with van der Waals surface area (Å²) in [5.74, 6) is -1.58. The summed E-state index contributed by atoms with van der Waals surface area (Å²) in [5.41, 5.74) is 3.80. The van der Waals surface area contributed by atoms with E-state index in [2.05, 4.69) is 10.6 Å². The number of carbonyl (C=O) groups is 2. The average molecular weight is 351 g/mol. The van der Waals surface area contributed by atoms with Crippen LogP contribution in [0.5, 0.6) is 0 Å². The third-order valence-electron chi connectivity index (χ3n) is 3.32. The average Bonchev–Trinajstić information content (AvgIpc) is 2.47. The van der Waals surface area contributed by atoms with Crippen LogP contribution in [0.4, 0.5) is 11.4 Å². The highest BCUT2D eigenvalue weighted by Crippen LogP contribution is 2.29. The third kappa shape index (κ3) is 4.03. The van der Waals surface area contributed by atoms with E-state index >= 15 is 0 Å². The minimum atomic E-state index is -0.812. The Kier molecular flexibility index (Phi) is 5.29. The maximum atomic E-state index is 12.1. The fraction of sp³-hybridized carbons (Fsp3) is 0.176. The Morgan fingerprint density at radius 3 is 2.09 bits per heavy atom. The summed E-state index contributed by atoms with van der Waals surface area (Å²) in [6.45, 7) is 5.72. The fourth-order valence-corrected chi connectivity index (χ4v) is 2.67. The quantitative estimate of drug-likeness (QED) is 0.783. The van der Waals surface area contributed by atoms with Crippen LogP contribution in [0.1, 0.15) is 16.7 Å². The molecule has 0 saturated carbocycles. The van der Waals surface area contributed by atoms with Crippen LogP contribution in [0.2, 0.25) is 10.0 Å². The van der Waals surface area contributed by atoms with E-state index in [4.69, 9.17) is 23.2 Å². The molecule has 0 saturated heterocycles. The lowest BCUT2D eigenvalue weighted by molar-refractivity contribution is -0.133. The molecule has 2 amide bonds. The lowest BCUT2D eigenvalue weighted by atomic mass is 10.1. The molecule has 0 radical (unpaired) electrons. The molecular weight excluding hydrogens is 335 g/mol. The van der Waals surface area contributed by atoms with Crippen molar-refractivity contribution in [1.82, 2.24) is 0 Å². The van der Waals surface area contributed by atoms with E-state index in [-0.39, 0.29) is 10.7 Å². The molecule has 0 aliphatic rings. The molecule has 0 unspecified atom stereocenters. The lowest BCUT2D eigenvalue weighted by Gasteiger charge is -2.13. The zero-order chi connectivity index (χ0) is 17.1. The van der Waals surface area contributed by atoms with Crippen molar-refractivity contribution in [3.05, 3.63) is 57.1 Å². The topological polar surface area (TPSA) is 58.2 Å². The number of nitrogens with one attached hydrogen (secondary N) is 2. The molecule has 4 nitrogen and oxygen atoms in total. The van der Waals surface area contributed by atoms with Gasteiger partial charge in [0, 0.05) is 5.69 Å². The van der Waals surface area contributed by atoms with Gasteiger partial charge in [-0.1, -0.05) is 47.0 Å². The highest BCUT2D eigenvalue weighted by atomic mass is 35.5. The number of benzene rings is 2. The normalized spacial score (nSPS) is 10.3. The highest BCUT2D eigenvalue weighted by molar-refractivity contribution is 6.47. The van der Waals surface area contributed by atoms with Gasteiger partial charge >= 0.3 is 11.8 Å². The number of carbonyl (C=O) groups excluding carboxylic acids is 2. The molecule has 23 heavy (non-hydrogen) atoms. The molecule has 0 spiro atoms. The largest absolute Gasteiger partial charge is 0.317 e. The molecule has 0 heterocycles. The lowest BCUT2D eigenvalue weighted by Crippen LogP contribution is -2.29. The Hall–Kier alpha value is -2.04. The summed E-state index contributed by atoms with van der Waals surface area (Å²) >= 11 is 11.9. The van der Waals surface area contributed by atoms with Gasteiger partial charge < -0.3 is 10.6 Å². The first-order valence-corrected chi connectivity index (χ1v) is 7.69. The number of aryl methyl sites for hydroxylation is 3. The minimum absolute atomic E-state index is 0.193. The smallest absolute Gasteiger partial charge is 0.314 e. The van der Waals surface area contributed by atoms with Crippen molar-refractivity contribution in [3.8, 4) is 0 Å². The zero-order valence-electron chi connectivity index (χ0n) is 13.0. The van der Waals surface area contributed by atoms with Crippen molar-refractivity contribution in [2.45, 2.75) is 20.8 Å². The van der Waals surface area contributed by atoms with Crippen LogP contribution >= 0.6 is 23.2 Å². The molecule has 2 aromatic rings. The summed E-state index contributed by atoms with van der Waals surface area (Å²) in [4.78, 5) is 24.1. The predicted octanol–water partition coefficient (Wildman–Crippen LogP) is 4.50. The SMILES string of the molecule is Cc1cc(C)c(NC(=O)C(=O)Nc2cccc(Cl)c2Cl)c(C)c1. The first kappa shape index (κ1) is 17.3. The Labute approximate surface area is 144 Å². The van der Waals surface area contributed by atoms with E-state index < -0.39 is 11.8 Å². The van der Waals surface area contributed by atoms with E-state index in [1.165, 1.54) is 0 Å². The van der Waals surface area contributed by atoms with E-state index in [0.717, 1.165) is 16.7 Å². The molecule has 0 aromatic heterocycles. The van der Waals surface area contributed by atoms with Gasteiger partial charge in [-0.15, -0.1) is 0 Å². The maximum absolute atomic E-state index is 12.1. The highest BCUT2D eigenvalue weighted by Gasteiger charge is 2.18. The van der Waals surface area contributed by atoms with Gasteiger partial charge in [0.25, 0.3) is 0 Å². The molecule has 2 rings (SSSR count). The van der Waals surface area contributed by atoms with Crippen LogP contribution in [0, 0.1) is 20.8 Å². The van der Waals surface area contributed by atoms with Crippen molar-refractivity contribution in [2.75, 3.05) is 10.6 Å². The zero-order valence-corrected chi connectivity index (χ0v) is 14.5. The summed E-state index contributed by atoms with van der Waals surface area (Å²) in [5, 5.41) is 5.58. The Morgan fingerprint density at radius 2 is 1.48 bits per heavy atom. The first-order valence-electron chi connectivity index (χ1n) is 6.93. The van der Waals surface area contributed by atoms with Gasteiger partial charge in [0.15, 0.2) is 0 Å². The van der Waals surface area contributed by atoms with Crippen molar-refractivity contribution in [2.24, 2.45) is 0 Å². The van der Waals surface area contributed by atoms with Crippen LogP contribution in [0.3, 0.4) is 0 Å². The van der Waals surface area contributed by atoms with Gasteiger partial charge in [-0.3, -0.25) is 9.59 Å².